The smallest absolute Gasteiger partial charge is 0.305 e. The van der Waals surface area contributed by atoms with Crippen LogP contribution in [0.25, 0.3) is 0 Å². The lowest BCUT2D eigenvalue weighted by molar-refractivity contribution is -0.137. The molecule has 0 amide bonds. The van der Waals surface area contributed by atoms with E-state index < -0.39 is 5.97 Å². The molecule has 0 aliphatic carbocycles. The van der Waals surface area contributed by atoms with Crippen LogP contribution in [0.1, 0.15) is 25.3 Å². The fourth-order valence-electron chi connectivity index (χ4n) is 3.38. The second-order valence-electron chi connectivity index (χ2n) is 6.77. The Hall–Kier alpha value is -2.20. The second kappa shape index (κ2) is 7.36. The Morgan fingerprint density at radius 2 is 2.00 bits per heavy atom. The first-order valence-corrected chi connectivity index (χ1v) is 8.82. The number of carbonyl (C=O) groups is 1. The lowest BCUT2D eigenvalue weighted by Gasteiger charge is -2.26. The molecule has 2 aromatic carbocycles. The number of aliphatic carboxylic acids is 1. The van der Waals surface area contributed by atoms with Crippen molar-refractivity contribution in [1.29, 1.82) is 0 Å². The molecule has 1 fully saturated rings. The number of ether oxygens (including phenoxy) is 1. The quantitative estimate of drug-likeness (QED) is 0.803. The number of halogens is 1. The van der Waals surface area contributed by atoms with Crippen LogP contribution < -0.4 is 9.64 Å². The number of nitrogens with zero attached hydrogens (tertiary/aromatic N) is 1. The van der Waals surface area contributed by atoms with Gasteiger partial charge in [-0.2, -0.15) is 0 Å². The Balaban J connectivity index is 1.74. The van der Waals surface area contributed by atoms with E-state index in [-0.39, 0.29) is 12.5 Å². The molecule has 1 N–H and O–H groups in total. The molecule has 1 heterocycles. The predicted octanol–water partition coefficient (Wildman–Crippen LogP) is 5.13. The van der Waals surface area contributed by atoms with E-state index in [4.69, 9.17) is 21.4 Å². The molecule has 5 heteroatoms. The van der Waals surface area contributed by atoms with Gasteiger partial charge in [0.15, 0.2) is 0 Å². The van der Waals surface area contributed by atoms with Crippen LogP contribution in [0.3, 0.4) is 0 Å². The maximum absolute atomic E-state index is 11.1. The zero-order valence-electron chi connectivity index (χ0n) is 14.4. The van der Waals surface area contributed by atoms with Crippen LogP contribution in [-0.4, -0.2) is 23.7 Å². The maximum atomic E-state index is 11.1. The summed E-state index contributed by atoms with van der Waals surface area (Å²) in [6, 6.07) is 13.5. The number of aryl methyl sites for hydroxylation is 1. The molecule has 0 bridgehead atoms. The van der Waals surface area contributed by atoms with Crippen molar-refractivity contribution in [3.05, 3.63) is 53.1 Å². The monoisotopic (exact) mass is 359 g/mol. The summed E-state index contributed by atoms with van der Waals surface area (Å²) in [5.41, 5.74) is 2.11. The Bertz CT molecular complexity index is 760. The molecule has 2 unspecified atom stereocenters. The van der Waals surface area contributed by atoms with Crippen molar-refractivity contribution in [3.8, 4) is 11.5 Å². The first-order chi connectivity index (χ1) is 11.9. The standard InChI is InChI=1S/C20H22ClNO3/c1-13-3-8-19(18(21)10-13)25-17-6-4-15(5-7-17)22-12-14(2)9-16(22)11-20(23)24/h3-8,10,14,16H,9,11-12H2,1-2H3,(H,23,24). The van der Waals surface area contributed by atoms with E-state index in [0.29, 0.717) is 22.4 Å². The van der Waals surface area contributed by atoms with Crippen molar-refractivity contribution < 1.29 is 14.6 Å². The fraction of sp³-hybridized carbons (Fsp3) is 0.350. The van der Waals surface area contributed by atoms with Crippen molar-refractivity contribution in [2.24, 2.45) is 5.92 Å². The molecule has 2 aromatic rings. The minimum Gasteiger partial charge on any atom is -0.481 e. The average molecular weight is 360 g/mol. The number of anilines is 1. The van der Waals surface area contributed by atoms with Crippen LogP contribution in [0.5, 0.6) is 11.5 Å². The summed E-state index contributed by atoms with van der Waals surface area (Å²) in [5, 5.41) is 9.70. The first-order valence-electron chi connectivity index (χ1n) is 8.45. The first kappa shape index (κ1) is 17.6. The third kappa shape index (κ3) is 4.26. The number of benzene rings is 2. The fourth-order valence-corrected chi connectivity index (χ4v) is 3.66. The van der Waals surface area contributed by atoms with Gasteiger partial charge in [0.2, 0.25) is 0 Å². The van der Waals surface area contributed by atoms with Crippen LogP contribution in [0.4, 0.5) is 5.69 Å². The SMILES string of the molecule is Cc1ccc(Oc2ccc(N3CC(C)CC3CC(=O)O)cc2)c(Cl)c1. The lowest BCUT2D eigenvalue weighted by Crippen LogP contribution is -2.31. The van der Waals surface area contributed by atoms with Crippen molar-refractivity contribution in [2.45, 2.75) is 32.7 Å². The number of carboxylic acids is 1. The summed E-state index contributed by atoms with van der Waals surface area (Å²) in [6.07, 6.45) is 1.07. The van der Waals surface area contributed by atoms with Gasteiger partial charge >= 0.3 is 5.97 Å². The Morgan fingerprint density at radius 1 is 1.28 bits per heavy atom. The van der Waals surface area contributed by atoms with Crippen LogP contribution in [0, 0.1) is 12.8 Å². The zero-order chi connectivity index (χ0) is 18.0. The molecular formula is C20H22ClNO3. The Labute approximate surface area is 153 Å². The summed E-state index contributed by atoms with van der Waals surface area (Å²) in [7, 11) is 0. The normalized spacial score (nSPS) is 19.9. The molecule has 0 spiro atoms. The zero-order valence-corrected chi connectivity index (χ0v) is 15.2. The molecule has 1 aliphatic heterocycles. The van der Waals surface area contributed by atoms with Crippen molar-refractivity contribution in [1.82, 2.24) is 0 Å². The van der Waals surface area contributed by atoms with Crippen LogP contribution in [0.2, 0.25) is 5.02 Å². The van der Waals surface area contributed by atoms with E-state index in [2.05, 4.69) is 11.8 Å². The van der Waals surface area contributed by atoms with E-state index in [1.165, 1.54) is 0 Å². The van der Waals surface area contributed by atoms with Crippen molar-refractivity contribution in [3.63, 3.8) is 0 Å². The van der Waals surface area contributed by atoms with Gasteiger partial charge < -0.3 is 14.7 Å². The van der Waals surface area contributed by atoms with Gasteiger partial charge in [0.05, 0.1) is 11.4 Å². The van der Waals surface area contributed by atoms with Crippen molar-refractivity contribution in [2.75, 3.05) is 11.4 Å². The van der Waals surface area contributed by atoms with Gasteiger partial charge in [-0.05, 0) is 61.2 Å². The average Bonchev–Trinajstić information content (AvgIpc) is 2.90. The minimum absolute atomic E-state index is 0.0470. The van der Waals surface area contributed by atoms with Gasteiger partial charge in [-0.15, -0.1) is 0 Å². The largest absolute Gasteiger partial charge is 0.481 e. The molecule has 0 radical (unpaired) electrons. The summed E-state index contributed by atoms with van der Waals surface area (Å²) >= 11 is 6.21. The van der Waals surface area contributed by atoms with E-state index in [1.54, 1.807) is 0 Å². The summed E-state index contributed by atoms with van der Waals surface area (Å²) in [4.78, 5) is 13.3. The maximum Gasteiger partial charge on any atom is 0.305 e. The van der Waals surface area contributed by atoms with E-state index in [0.717, 1.165) is 24.2 Å². The number of rotatable bonds is 5. The van der Waals surface area contributed by atoms with Gasteiger partial charge in [-0.3, -0.25) is 4.79 Å². The number of hydrogen-bond donors (Lipinski definition) is 1. The Morgan fingerprint density at radius 3 is 2.64 bits per heavy atom. The third-order valence-electron chi connectivity index (χ3n) is 4.52. The van der Waals surface area contributed by atoms with Gasteiger partial charge in [-0.25, -0.2) is 0 Å². The molecule has 0 aromatic heterocycles. The van der Waals surface area contributed by atoms with Gasteiger partial charge in [0.1, 0.15) is 11.5 Å². The van der Waals surface area contributed by atoms with Crippen LogP contribution >= 0.6 is 11.6 Å². The summed E-state index contributed by atoms with van der Waals surface area (Å²) in [5.74, 6) is 1.07. The predicted molar refractivity (Wildman–Crippen MR) is 99.9 cm³/mol. The highest BCUT2D eigenvalue weighted by Crippen LogP contribution is 2.34. The molecule has 2 atom stereocenters. The number of carboxylic acid groups (broad SMARTS) is 1. The van der Waals surface area contributed by atoms with Crippen molar-refractivity contribution >= 4 is 23.3 Å². The highest BCUT2D eigenvalue weighted by molar-refractivity contribution is 6.32. The van der Waals surface area contributed by atoms with E-state index >= 15 is 0 Å². The Kier molecular flexibility index (Phi) is 5.19. The van der Waals surface area contributed by atoms with Gasteiger partial charge in [0, 0.05) is 18.3 Å². The molecular weight excluding hydrogens is 338 g/mol. The molecule has 25 heavy (non-hydrogen) atoms. The molecule has 1 saturated heterocycles. The highest BCUT2D eigenvalue weighted by atomic mass is 35.5. The molecule has 0 saturated carbocycles. The van der Waals surface area contributed by atoms with Crippen LogP contribution in [-0.2, 0) is 4.79 Å². The molecule has 3 rings (SSSR count). The number of hydrogen-bond acceptors (Lipinski definition) is 3. The third-order valence-corrected chi connectivity index (χ3v) is 4.81. The second-order valence-corrected chi connectivity index (χ2v) is 7.18. The van der Waals surface area contributed by atoms with E-state index in [1.807, 2.05) is 49.4 Å². The topological polar surface area (TPSA) is 49.8 Å². The lowest BCUT2D eigenvalue weighted by atomic mass is 10.1. The van der Waals surface area contributed by atoms with Crippen LogP contribution in [0.15, 0.2) is 42.5 Å². The minimum atomic E-state index is -0.752. The van der Waals surface area contributed by atoms with Gasteiger partial charge in [-0.1, -0.05) is 24.6 Å². The molecule has 132 valence electrons. The molecule has 4 nitrogen and oxygen atoms in total. The van der Waals surface area contributed by atoms with Gasteiger partial charge in [0.25, 0.3) is 0 Å². The summed E-state index contributed by atoms with van der Waals surface area (Å²) in [6.45, 7) is 5.02. The highest BCUT2D eigenvalue weighted by Gasteiger charge is 2.31. The van der Waals surface area contributed by atoms with E-state index in [9.17, 15) is 4.79 Å². The summed E-state index contributed by atoms with van der Waals surface area (Å²) < 4.78 is 5.85. The molecule has 1 aliphatic rings.